The zero-order valence-electron chi connectivity index (χ0n) is 32.4. The lowest BCUT2D eigenvalue weighted by molar-refractivity contribution is 0.323. The summed E-state index contributed by atoms with van der Waals surface area (Å²) in [6.07, 6.45) is 5.12. The Balaban J connectivity index is 1.45. The van der Waals surface area contributed by atoms with E-state index in [0.29, 0.717) is 11.1 Å². The molecule has 0 bridgehead atoms. The summed E-state index contributed by atoms with van der Waals surface area (Å²) in [7, 11) is 0. The van der Waals surface area contributed by atoms with Crippen LogP contribution in [0, 0.1) is 58.2 Å². The molecule has 0 radical (unpaired) electrons. The first-order valence-corrected chi connectivity index (χ1v) is 20.5. The number of phenols is 2. The number of phenolic OH excluding ortho intramolecular Hbond substituents is 2. The van der Waals surface area contributed by atoms with E-state index in [1.165, 1.54) is 35.7 Å². The van der Waals surface area contributed by atoms with Gasteiger partial charge < -0.3 is 19.7 Å². The first-order chi connectivity index (χ1) is 27.0. The van der Waals surface area contributed by atoms with Crippen LogP contribution in [-0.4, -0.2) is 20.7 Å². The Bertz CT molecular complexity index is 1970. The van der Waals surface area contributed by atoms with E-state index in [0.717, 1.165) is 38.5 Å². The number of benzene rings is 4. The summed E-state index contributed by atoms with van der Waals surface area (Å²) < 4.78 is 153. The first-order valence-electron chi connectivity index (χ1n) is 18.4. The lowest BCUT2D eigenvalue weighted by Crippen LogP contribution is -2.22. The van der Waals surface area contributed by atoms with Gasteiger partial charge in [0, 0.05) is 33.1 Å². The number of thioether (sulfide) groups is 2. The molecule has 0 aromatic heterocycles. The van der Waals surface area contributed by atoms with Crippen LogP contribution in [-0.2, 0) is 22.3 Å². The van der Waals surface area contributed by atoms with Gasteiger partial charge in [0.1, 0.15) is 0 Å². The van der Waals surface area contributed by atoms with Crippen LogP contribution >= 0.6 is 23.5 Å². The van der Waals surface area contributed by atoms with Gasteiger partial charge >= 0.3 is 0 Å². The fourth-order valence-corrected chi connectivity index (χ4v) is 9.40. The Morgan fingerprint density at radius 3 is 1.07 bits per heavy atom. The molecular formula is C42H42F10O4S2. The van der Waals surface area contributed by atoms with Crippen molar-refractivity contribution in [3.8, 4) is 34.5 Å². The number of rotatable bonds is 10. The Morgan fingerprint density at radius 2 is 0.776 bits per heavy atom. The summed E-state index contributed by atoms with van der Waals surface area (Å²) >= 11 is 2.95. The van der Waals surface area contributed by atoms with Crippen molar-refractivity contribution in [2.24, 2.45) is 0 Å². The minimum atomic E-state index is -2.35. The van der Waals surface area contributed by atoms with E-state index in [2.05, 4.69) is 0 Å². The number of halogens is 10. The molecule has 4 nitrogen and oxygen atoms in total. The quantitative estimate of drug-likeness (QED) is 0.0941. The van der Waals surface area contributed by atoms with Crippen molar-refractivity contribution in [1.29, 1.82) is 0 Å². The van der Waals surface area contributed by atoms with Crippen LogP contribution in [0.15, 0.2) is 24.3 Å². The lowest BCUT2D eigenvalue weighted by atomic mass is 9.86. The van der Waals surface area contributed by atoms with E-state index in [1.54, 1.807) is 12.1 Å². The molecule has 0 heterocycles. The second-order valence-electron chi connectivity index (χ2n) is 16.2. The summed E-state index contributed by atoms with van der Waals surface area (Å²) in [5, 5.41) is 22.5. The van der Waals surface area contributed by atoms with E-state index in [1.807, 2.05) is 41.5 Å². The molecule has 1 saturated carbocycles. The number of aromatic hydroxyl groups is 2. The summed E-state index contributed by atoms with van der Waals surface area (Å²) in [5.74, 6) is -27.2. The lowest BCUT2D eigenvalue weighted by Gasteiger charge is -2.30. The van der Waals surface area contributed by atoms with Gasteiger partial charge in [0.25, 0.3) is 0 Å². The maximum Gasteiger partial charge on any atom is 0.207 e. The molecule has 1 aliphatic carbocycles. The molecule has 0 saturated heterocycles. The van der Waals surface area contributed by atoms with Crippen LogP contribution in [0.5, 0.6) is 34.5 Å². The van der Waals surface area contributed by atoms with Crippen molar-refractivity contribution in [3.63, 3.8) is 0 Å². The van der Waals surface area contributed by atoms with Crippen molar-refractivity contribution in [1.82, 2.24) is 0 Å². The zero-order valence-corrected chi connectivity index (χ0v) is 34.1. The highest BCUT2D eigenvalue weighted by Crippen LogP contribution is 2.46. The fraction of sp³-hybridized carbons (Fsp3) is 0.429. The Hall–Kier alpha value is -3.92. The van der Waals surface area contributed by atoms with E-state index in [9.17, 15) is 54.1 Å². The smallest absolute Gasteiger partial charge is 0.207 e. The summed E-state index contributed by atoms with van der Waals surface area (Å²) in [6, 6.07) is 5.91. The summed E-state index contributed by atoms with van der Waals surface area (Å²) in [4.78, 5) is 0. The molecular weight excluding hydrogens is 823 g/mol. The van der Waals surface area contributed by atoms with Crippen molar-refractivity contribution < 1.29 is 63.6 Å². The van der Waals surface area contributed by atoms with Crippen LogP contribution in [0.1, 0.15) is 102 Å². The van der Waals surface area contributed by atoms with Crippen LogP contribution in [0.25, 0.3) is 0 Å². The van der Waals surface area contributed by atoms with Crippen LogP contribution in [0.4, 0.5) is 43.9 Å². The van der Waals surface area contributed by atoms with Crippen LogP contribution in [0.2, 0.25) is 0 Å². The summed E-state index contributed by atoms with van der Waals surface area (Å²) in [6.45, 7) is 10.9. The molecule has 0 spiro atoms. The SMILES string of the molecule is CC(C)(C)c1cc(CSC2CCCCCCC2SCc2cc(C(C)(C)C)cc(Oc3c(F)c(F)c(F)c(F)c3F)c2O)c(O)c(Oc2c(F)c(F)c(F)c(F)c2F)c1. The van der Waals surface area contributed by atoms with Gasteiger partial charge in [0.2, 0.25) is 69.7 Å². The molecule has 5 rings (SSSR count). The van der Waals surface area contributed by atoms with Crippen molar-refractivity contribution in [2.75, 3.05) is 0 Å². The third kappa shape index (κ3) is 9.58. The average molecular weight is 865 g/mol. The molecule has 2 atom stereocenters. The topological polar surface area (TPSA) is 58.9 Å². The van der Waals surface area contributed by atoms with Gasteiger partial charge in [-0.2, -0.15) is 41.1 Å². The molecule has 0 aliphatic heterocycles. The third-order valence-corrected chi connectivity index (χ3v) is 13.0. The molecule has 1 aliphatic rings. The average Bonchev–Trinajstić information content (AvgIpc) is 3.15. The zero-order chi connectivity index (χ0) is 43.0. The van der Waals surface area contributed by atoms with Gasteiger partial charge in [-0.15, -0.1) is 0 Å². The second-order valence-corrected chi connectivity index (χ2v) is 18.6. The van der Waals surface area contributed by atoms with E-state index < -0.39 is 103 Å². The molecule has 58 heavy (non-hydrogen) atoms. The monoisotopic (exact) mass is 864 g/mol. The maximum absolute atomic E-state index is 14.6. The molecule has 1 fully saturated rings. The minimum Gasteiger partial charge on any atom is -0.504 e. The van der Waals surface area contributed by atoms with E-state index in [-0.39, 0.29) is 33.1 Å². The Labute approximate surface area is 338 Å². The molecule has 2 unspecified atom stereocenters. The van der Waals surface area contributed by atoms with Gasteiger partial charge in [0.15, 0.2) is 23.0 Å². The molecule has 0 amide bonds. The molecule has 316 valence electrons. The van der Waals surface area contributed by atoms with E-state index in [4.69, 9.17) is 9.47 Å². The van der Waals surface area contributed by atoms with Gasteiger partial charge in [-0.1, -0.05) is 79.4 Å². The minimum absolute atomic E-state index is 0.0699. The molecule has 2 N–H and O–H groups in total. The highest BCUT2D eigenvalue weighted by molar-refractivity contribution is 8.03. The highest BCUT2D eigenvalue weighted by atomic mass is 32.2. The molecule has 4 aromatic carbocycles. The Kier molecular flexibility index (Phi) is 13.8. The summed E-state index contributed by atoms with van der Waals surface area (Å²) in [5.41, 5.74) is 0.439. The van der Waals surface area contributed by atoms with Crippen molar-refractivity contribution in [2.45, 2.75) is 113 Å². The fourth-order valence-electron chi connectivity index (χ4n) is 6.33. The Morgan fingerprint density at radius 1 is 0.483 bits per heavy atom. The van der Waals surface area contributed by atoms with Crippen LogP contribution in [0.3, 0.4) is 0 Å². The van der Waals surface area contributed by atoms with Gasteiger partial charge in [-0.05, 0) is 46.9 Å². The second kappa shape index (κ2) is 17.7. The highest BCUT2D eigenvalue weighted by Gasteiger charge is 2.32. The van der Waals surface area contributed by atoms with Crippen LogP contribution < -0.4 is 9.47 Å². The number of ether oxygens (including phenoxy) is 2. The normalized spacial score (nSPS) is 16.6. The van der Waals surface area contributed by atoms with Gasteiger partial charge in [-0.3, -0.25) is 0 Å². The largest absolute Gasteiger partial charge is 0.504 e. The standard InChI is InChI=1S/C42H42F10O4S2/c1-41(2,3)21-13-19(37(53)23(15-21)55-39-33(49)29(45)27(43)30(46)34(39)50)17-57-25-11-9-7-8-10-12-26(25)58-18-20-14-22(42(4,5)6)16-24(38(20)54)56-40-35(51)31(47)28(44)32(48)36(40)52/h13-16,25-26,53-54H,7-12,17-18H2,1-6H3. The predicted octanol–water partition coefficient (Wildman–Crippen LogP) is 13.9. The predicted molar refractivity (Wildman–Crippen MR) is 204 cm³/mol. The first kappa shape index (κ1) is 45.2. The van der Waals surface area contributed by atoms with Crippen molar-refractivity contribution in [3.05, 3.63) is 105 Å². The third-order valence-electron chi connectivity index (χ3n) is 9.85. The van der Waals surface area contributed by atoms with Crippen molar-refractivity contribution >= 4 is 23.5 Å². The molecule has 16 heteroatoms. The van der Waals surface area contributed by atoms with E-state index >= 15 is 0 Å². The number of hydrogen-bond donors (Lipinski definition) is 2. The number of hydrogen-bond acceptors (Lipinski definition) is 6. The molecule has 4 aromatic rings. The maximum atomic E-state index is 14.6. The van der Waals surface area contributed by atoms with Gasteiger partial charge in [0.05, 0.1) is 0 Å². The van der Waals surface area contributed by atoms with Gasteiger partial charge in [-0.25, -0.2) is 26.3 Å².